The van der Waals surface area contributed by atoms with Crippen LogP contribution >= 0.6 is 0 Å². The molecule has 16 heavy (non-hydrogen) atoms. The molecule has 82 valence electrons. The zero-order valence-corrected chi connectivity index (χ0v) is 8.50. The molecule has 0 bridgehead atoms. The van der Waals surface area contributed by atoms with E-state index in [9.17, 15) is 14.0 Å². The number of amides is 1. The third kappa shape index (κ3) is 1.67. The summed E-state index contributed by atoms with van der Waals surface area (Å²) in [4.78, 5) is 25.3. The summed E-state index contributed by atoms with van der Waals surface area (Å²) in [5.41, 5.74) is -0.317. The van der Waals surface area contributed by atoms with Gasteiger partial charge < -0.3 is 10.3 Å². The third-order valence-electron chi connectivity index (χ3n) is 2.28. The summed E-state index contributed by atoms with van der Waals surface area (Å²) in [6, 6.07) is 5.36. The van der Waals surface area contributed by atoms with Gasteiger partial charge in [-0.1, -0.05) is 6.07 Å². The summed E-state index contributed by atoms with van der Waals surface area (Å²) < 4.78 is 12.9. The van der Waals surface area contributed by atoms with Gasteiger partial charge in [-0.25, -0.2) is 4.39 Å². The Labute approximate surface area is 90.1 Å². The zero-order valence-electron chi connectivity index (χ0n) is 8.50. The standard InChI is InChI=1S/C11H9FN2O2/c1-13-11(16)9-4-6-2-3-7(12)5-8(6)10(15)14-9/h2-5H,1H3,(H,13,16)(H,14,15). The van der Waals surface area contributed by atoms with Gasteiger partial charge in [0.1, 0.15) is 11.5 Å². The first kappa shape index (κ1) is 10.4. The molecule has 1 heterocycles. The van der Waals surface area contributed by atoms with Gasteiger partial charge in [0.15, 0.2) is 0 Å². The fourth-order valence-electron chi connectivity index (χ4n) is 1.49. The lowest BCUT2D eigenvalue weighted by Crippen LogP contribution is -2.22. The summed E-state index contributed by atoms with van der Waals surface area (Å²) in [6.07, 6.45) is 0. The van der Waals surface area contributed by atoms with E-state index >= 15 is 0 Å². The molecule has 1 amide bonds. The highest BCUT2D eigenvalue weighted by Crippen LogP contribution is 2.12. The van der Waals surface area contributed by atoms with Gasteiger partial charge in [0.25, 0.3) is 11.5 Å². The average Bonchev–Trinajstić information content (AvgIpc) is 2.28. The van der Waals surface area contributed by atoms with Crippen LogP contribution in [0.5, 0.6) is 0 Å². The number of H-pyrrole nitrogens is 1. The number of carbonyl (C=O) groups is 1. The van der Waals surface area contributed by atoms with Crippen LogP contribution in [0, 0.1) is 5.82 Å². The molecule has 4 nitrogen and oxygen atoms in total. The Bertz CT molecular complexity index is 619. The molecule has 0 spiro atoms. The van der Waals surface area contributed by atoms with E-state index in [1.54, 1.807) is 0 Å². The van der Waals surface area contributed by atoms with Gasteiger partial charge in [-0.2, -0.15) is 0 Å². The van der Waals surface area contributed by atoms with E-state index in [2.05, 4.69) is 10.3 Å². The fourth-order valence-corrected chi connectivity index (χ4v) is 1.49. The Morgan fingerprint density at radius 2 is 2.12 bits per heavy atom. The smallest absolute Gasteiger partial charge is 0.267 e. The van der Waals surface area contributed by atoms with E-state index < -0.39 is 11.4 Å². The van der Waals surface area contributed by atoms with Crippen molar-refractivity contribution < 1.29 is 9.18 Å². The average molecular weight is 220 g/mol. The number of carbonyl (C=O) groups excluding carboxylic acids is 1. The van der Waals surface area contributed by atoms with Crippen LogP contribution in [0.15, 0.2) is 29.1 Å². The first-order valence-electron chi connectivity index (χ1n) is 4.66. The SMILES string of the molecule is CNC(=O)c1cc2ccc(F)cc2c(=O)[nH]1. The number of aromatic amines is 1. The highest BCUT2D eigenvalue weighted by Gasteiger charge is 2.08. The molecule has 0 saturated heterocycles. The molecule has 0 atom stereocenters. The quantitative estimate of drug-likeness (QED) is 0.753. The second kappa shape index (κ2) is 3.77. The van der Waals surface area contributed by atoms with E-state index in [0.29, 0.717) is 5.39 Å². The van der Waals surface area contributed by atoms with Crippen molar-refractivity contribution in [2.24, 2.45) is 0 Å². The molecule has 2 N–H and O–H groups in total. The number of hydrogen-bond donors (Lipinski definition) is 2. The fraction of sp³-hybridized carbons (Fsp3) is 0.0909. The first-order valence-corrected chi connectivity index (χ1v) is 4.66. The highest BCUT2D eigenvalue weighted by molar-refractivity contribution is 5.96. The minimum atomic E-state index is -0.481. The Morgan fingerprint density at radius 1 is 1.38 bits per heavy atom. The van der Waals surface area contributed by atoms with Gasteiger partial charge in [-0.3, -0.25) is 9.59 Å². The maximum absolute atomic E-state index is 12.9. The van der Waals surface area contributed by atoms with Crippen LogP contribution in [0.1, 0.15) is 10.5 Å². The summed E-state index contributed by atoms with van der Waals surface area (Å²) in [7, 11) is 1.47. The van der Waals surface area contributed by atoms with Gasteiger partial charge in [-0.05, 0) is 23.6 Å². The largest absolute Gasteiger partial charge is 0.354 e. The van der Waals surface area contributed by atoms with Crippen molar-refractivity contribution in [2.45, 2.75) is 0 Å². The molecule has 0 fully saturated rings. The molecule has 0 aliphatic heterocycles. The van der Waals surface area contributed by atoms with Gasteiger partial charge in [0.05, 0.1) is 0 Å². The second-order valence-electron chi connectivity index (χ2n) is 3.32. The number of pyridine rings is 1. The summed E-state index contributed by atoms with van der Waals surface area (Å²) >= 11 is 0. The van der Waals surface area contributed by atoms with Crippen LogP contribution in [-0.4, -0.2) is 17.9 Å². The topological polar surface area (TPSA) is 62.0 Å². The van der Waals surface area contributed by atoms with Crippen molar-refractivity contribution in [3.8, 4) is 0 Å². The van der Waals surface area contributed by atoms with Crippen molar-refractivity contribution in [1.82, 2.24) is 10.3 Å². The molecule has 0 saturated carbocycles. The summed E-state index contributed by atoms with van der Waals surface area (Å²) in [5.74, 6) is -0.867. The lowest BCUT2D eigenvalue weighted by atomic mass is 10.1. The first-order chi connectivity index (χ1) is 7.61. The van der Waals surface area contributed by atoms with Crippen molar-refractivity contribution in [2.75, 3.05) is 7.05 Å². The molecule has 1 aromatic heterocycles. The van der Waals surface area contributed by atoms with Crippen molar-refractivity contribution >= 4 is 16.7 Å². The third-order valence-corrected chi connectivity index (χ3v) is 2.28. The number of nitrogens with one attached hydrogen (secondary N) is 2. The predicted molar refractivity (Wildman–Crippen MR) is 57.9 cm³/mol. The van der Waals surface area contributed by atoms with Crippen LogP contribution in [0.25, 0.3) is 10.8 Å². The molecule has 2 rings (SSSR count). The molecule has 1 aromatic carbocycles. The van der Waals surface area contributed by atoms with Gasteiger partial charge in [0, 0.05) is 12.4 Å². The van der Waals surface area contributed by atoms with Crippen LogP contribution < -0.4 is 10.9 Å². The normalized spacial score (nSPS) is 10.4. The number of halogens is 1. The number of rotatable bonds is 1. The minimum absolute atomic E-state index is 0.159. The Hall–Kier alpha value is -2.17. The Kier molecular flexibility index (Phi) is 2.44. The van der Waals surface area contributed by atoms with Crippen molar-refractivity contribution in [3.05, 3.63) is 46.1 Å². The number of fused-ring (bicyclic) bond motifs is 1. The van der Waals surface area contributed by atoms with Crippen molar-refractivity contribution in [3.63, 3.8) is 0 Å². The Balaban J connectivity index is 2.73. The number of hydrogen-bond acceptors (Lipinski definition) is 2. The van der Waals surface area contributed by atoms with E-state index in [1.807, 2.05) is 0 Å². The van der Waals surface area contributed by atoms with Crippen molar-refractivity contribution in [1.29, 1.82) is 0 Å². The van der Waals surface area contributed by atoms with Gasteiger partial charge in [0.2, 0.25) is 0 Å². The van der Waals surface area contributed by atoms with E-state index in [-0.39, 0.29) is 17.0 Å². The second-order valence-corrected chi connectivity index (χ2v) is 3.32. The number of benzene rings is 1. The molecule has 0 unspecified atom stereocenters. The van der Waals surface area contributed by atoms with Gasteiger partial charge >= 0.3 is 0 Å². The monoisotopic (exact) mass is 220 g/mol. The maximum Gasteiger partial charge on any atom is 0.267 e. The zero-order chi connectivity index (χ0) is 11.7. The lowest BCUT2D eigenvalue weighted by molar-refractivity contribution is 0.0958. The summed E-state index contributed by atoms with van der Waals surface area (Å²) in [6.45, 7) is 0. The molecule has 0 aliphatic carbocycles. The Morgan fingerprint density at radius 3 is 2.81 bits per heavy atom. The molecule has 0 aliphatic rings. The molecule has 0 radical (unpaired) electrons. The van der Waals surface area contributed by atoms with Crippen LogP contribution in [0.3, 0.4) is 0 Å². The van der Waals surface area contributed by atoms with Crippen LogP contribution in [0.2, 0.25) is 0 Å². The van der Waals surface area contributed by atoms with E-state index in [1.165, 1.54) is 25.2 Å². The molecule has 5 heteroatoms. The summed E-state index contributed by atoms with van der Waals surface area (Å²) in [5, 5.41) is 3.16. The van der Waals surface area contributed by atoms with E-state index in [0.717, 1.165) is 6.07 Å². The maximum atomic E-state index is 12.9. The van der Waals surface area contributed by atoms with Crippen LogP contribution in [-0.2, 0) is 0 Å². The number of aromatic nitrogens is 1. The minimum Gasteiger partial charge on any atom is -0.354 e. The molecular weight excluding hydrogens is 211 g/mol. The van der Waals surface area contributed by atoms with E-state index in [4.69, 9.17) is 0 Å². The van der Waals surface area contributed by atoms with Gasteiger partial charge in [-0.15, -0.1) is 0 Å². The highest BCUT2D eigenvalue weighted by atomic mass is 19.1. The van der Waals surface area contributed by atoms with Crippen LogP contribution in [0.4, 0.5) is 4.39 Å². The lowest BCUT2D eigenvalue weighted by Gasteiger charge is -2.02. The molecular formula is C11H9FN2O2. The molecule has 2 aromatic rings. The predicted octanol–water partition coefficient (Wildman–Crippen LogP) is 1.03.